The molecule has 4 atom stereocenters. The highest BCUT2D eigenvalue weighted by Crippen LogP contribution is 2.11. The first-order valence-electron chi connectivity index (χ1n) is 12.1. The molecule has 38 heavy (non-hydrogen) atoms. The van der Waals surface area contributed by atoms with Crippen molar-refractivity contribution in [2.75, 3.05) is 13.2 Å². The van der Waals surface area contributed by atoms with Gasteiger partial charge in [-0.3, -0.25) is 14.4 Å². The first-order valence-corrected chi connectivity index (χ1v) is 12.1. The normalized spacial score (nSPS) is 14.1. The Balaban J connectivity index is 2.03. The third-order valence-electron chi connectivity index (χ3n) is 5.72. The molecule has 0 bridgehead atoms. The summed E-state index contributed by atoms with van der Waals surface area (Å²) in [4.78, 5) is 56.5. The lowest BCUT2D eigenvalue weighted by molar-refractivity contribution is -0.142. The number of aromatic hydroxyl groups is 1. The summed E-state index contributed by atoms with van der Waals surface area (Å²) in [6, 6.07) is 1.28. The van der Waals surface area contributed by atoms with Crippen LogP contribution in [0.15, 0.2) is 36.8 Å². The van der Waals surface area contributed by atoms with E-state index >= 15 is 0 Å². The number of rotatable bonds is 16. The molecule has 0 aliphatic rings. The van der Waals surface area contributed by atoms with Gasteiger partial charge in [0.05, 0.1) is 19.0 Å². The Bertz CT molecular complexity index is 1050. The molecule has 0 saturated carbocycles. The minimum atomic E-state index is -1.47. The average molecular weight is 534 g/mol. The lowest BCUT2D eigenvalue weighted by atomic mass is 10.0. The number of carbonyl (C=O) groups is 4. The largest absolute Gasteiger partial charge is 0.508 e. The molecule has 0 aliphatic carbocycles. The Hall–Kier alpha value is -4.01. The second kappa shape index (κ2) is 15.3. The van der Waals surface area contributed by atoms with Gasteiger partial charge in [-0.15, -0.1) is 0 Å². The Morgan fingerprint density at radius 3 is 2.13 bits per heavy atom. The molecule has 14 nitrogen and oxygen atoms in total. The van der Waals surface area contributed by atoms with E-state index in [1.54, 1.807) is 12.1 Å². The zero-order valence-corrected chi connectivity index (χ0v) is 20.8. The van der Waals surface area contributed by atoms with Gasteiger partial charge in [-0.2, -0.15) is 0 Å². The van der Waals surface area contributed by atoms with Crippen molar-refractivity contribution in [3.8, 4) is 5.75 Å². The van der Waals surface area contributed by atoms with Crippen LogP contribution in [0.3, 0.4) is 0 Å². The van der Waals surface area contributed by atoms with Crippen molar-refractivity contribution in [2.24, 2.45) is 11.5 Å². The molecular formula is C24H35N7O7. The average Bonchev–Trinajstić information content (AvgIpc) is 3.40. The van der Waals surface area contributed by atoms with E-state index in [2.05, 4.69) is 25.9 Å². The van der Waals surface area contributed by atoms with Gasteiger partial charge in [0.1, 0.15) is 23.9 Å². The van der Waals surface area contributed by atoms with Crippen molar-refractivity contribution >= 4 is 23.7 Å². The summed E-state index contributed by atoms with van der Waals surface area (Å²) in [6.45, 7) is -0.435. The number of phenols is 1. The van der Waals surface area contributed by atoms with Crippen LogP contribution in [-0.4, -0.2) is 86.3 Å². The number of unbranched alkanes of at least 4 members (excludes halogenated alkanes) is 1. The van der Waals surface area contributed by atoms with E-state index in [0.29, 0.717) is 30.6 Å². The molecule has 1 aromatic heterocycles. The van der Waals surface area contributed by atoms with Gasteiger partial charge in [0.25, 0.3) is 0 Å². The number of carboxylic acid groups (broad SMARTS) is 1. The molecule has 1 aromatic carbocycles. The minimum Gasteiger partial charge on any atom is -0.508 e. The lowest BCUT2D eigenvalue weighted by Gasteiger charge is -2.24. The molecule has 0 radical (unpaired) electrons. The molecule has 4 unspecified atom stereocenters. The molecular weight excluding hydrogens is 498 g/mol. The van der Waals surface area contributed by atoms with Crippen LogP contribution in [-0.2, 0) is 32.0 Å². The van der Waals surface area contributed by atoms with Crippen LogP contribution in [0.5, 0.6) is 5.75 Å². The van der Waals surface area contributed by atoms with E-state index in [1.807, 2.05) is 0 Å². The molecule has 2 rings (SSSR count). The number of aliphatic hydroxyl groups is 1. The second-order valence-electron chi connectivity index (χ2n) is 8.75. The fourth-order valence-corrected chi connectivity index (χ4v) is 3.57. The SMILES string of the molecule is NCCCCC(NC(=O)C(N)Cc1ccc(O)cc1)C(=O)NC(CO)C(=O)NC(Cc1cnc[nH]1)C(=O)O. The number of carboxylic acids is 1. The topological polar surface area (TPSA) is 246 Å². The number of aliphatic carboxylic acids is 1. The van der Waals surface area contributed by atoms with Gasteiger partial charge in [0.15, 0.2) is 0 Å². The number of carbonyl (C=O) groups excluding carboxylic acids is 3. The Labute approximate surface area is 219 Å². The highest BCUT2D eigenvalue weighted by Gasteiger charge is 2.30. The van der Waals surface area contributed by atoms with Crippen LogP contribution in [0.2, 0.25) is 0 Å². The van der Waals surface area contributed by atoms with Gasteiger partial charge >= 0.3 is 5.97 Å². The zero-order valence-electron chi connectivity index (χ0n) is 20.8. The van der Waals surface area contributed by atoms with Crippen molar-refractivity contribution in [1.82, 2.24) is 25.9 Å². The van der Waals surface area contributed by atoms with Crippen LogP contribution in [0.25, 0.3) is 0 Å². The third-order valence-corrected chi connectivity index (χ3v) is 5.72. The standard InChI is InChI=1S/C24H35N7O7/c25-8-2-1-3-18(29-21(34)17(26)9-14-4-6-16(33)7-5-14)22(35)31-20(12-32)23(36)30-19(24(37)38)10-15-11-27-13-28-15/h4-7,11,13,17-20,32-33H,1-3,8-10,12,25-26H2,(H,27,28)(H,29,34)(H,30,36)(H,31,35)(H,37,38). The predicted octanol–water partition coefficient (Wildman–Crippen LogP) is -2.11. The number of nitrogens with two attached hydrogens (primary N) is 2. The zero-order chi connectivity index (χ0) is 28.1. The number of amides is 3. The van der Waals surface area contributed by atoms with E-state index < -0.39 is 54.5 Å². The molecule has 3 amide bonds. The van der Waals surface area contributed by atoms with Crippen LogP contribution < -0.4 is 27.4 Å². The maximum absolute atomic E-state index is 13.0. The molecule has 11 N–H and O–H groups in total. The van der Waals surface area contributed by atoms with E-state index in [-0.39, 0.29) is 25.0 Å². The quantitative estimate of drug-likeness (QED) is 0.106. The number of aromatic amines is 1. The van der Waals surface area contributed by atoms with Crippen LogP contribution in [0.4, 0.5) is 0 Å². The third kappa shape index (κ3) is 9.80. The summed E-state index contributed by atoms with van der Waals surface area (Å²) in [6.07, 6.45) is 4.09. The summed E-state index contributed by atoms with van der Waals surface area (Å²) in [5.74, 6) is -3.51. The smallest absolute Gasteiger partial charge is 0.326 e. The first-order chi connectivity index (χ1) is 18.1. The Kier molecular flexibility index (Phi) is 12.2. The number of hydrogen-bond donors (Lipinski definition) is 9. The van der Waals surface area contributed by atoms with Gasteiger partial charge in [0, 0.05) is 18.3 Å². The van der Waals surface area contributed by atoms with Crippen molar-refractivity contribution in [2.45, 2.75) is 56.3 Å². The Morgan fingerprint density at radius 2 is 1.55 bits per heavy atom. The van der Waals surface area contributed by atoms with Crippen molar-refractivity contribution in [1.29, 1.82) is 0 Å². The van der Waals surface area contributed by atoms with Gasteiger partial charge in [-0.05, 0) is 49.9 Å². The van der Waals surface area contributed by atoms with Crippen LogP contribution in [0.1, 0.15) is 30.5 Å². The summed E-state index contributed by atoms with van der Waals surface area (Å²) in [5.41, 5.74) is 12.7. The predicted molar refractivity (Wildman–Crippen MR) is 135 cm³/mol. The summed E-state index contributed by atoms with van der Waals surface area (Å²) in [7, 11) is 0. The molecule has 14 heteroatoms. The summed E-state index contributed by atoms with van der Waals surface area (Å²) < 4.78 is 0. The van der Waals surface area contributed by atoms with E-state index in [1.165, 1.54) is 24.7 Å². The maximum atomic E-state index is 13.0. The van der Waals surface area contributed by atoms with Gasteiger partial charge in [-0.1, -0.05) is 12.1 Å². The monoisotopic (exact) mass is 533 g/mol. The van der Waals surface area contributed by atoms with E-state index in [0.717, 1.165) is 0 Å². The summed E-state index contributed by atoms with van der Waals surface area (Å²) in [5, 5.41) is 35.8. The highest BCUT2D eigenvalue weighted by atomic mass is 16.4. The van der Waals surface area contributed by atoms with Crippen molar-refractivity contribution in [3.05, 3.63) is 48.0 Å². The van der Waals surface area contributed by atoms with E-state index in [9.17, 15) is 34.5 Å². The maximum Gasteiger partial charge on any atom is 0.326 e. The number of benzene rings is 1. The Morgan fingerprint density at radius 1 is 0.921 bits per heavy atom. The minimum absolute atomic E-state index is 0.0712. The van der Waals surface area contributed by atoms with Crippen LogP contribution in [0, 0.1) is 0 Å². The molecule has 1 heterocycles. The molecule has 208 valence electrons. The number of nitrogens with one attached hydrogen (secondary N) is 4. The van der Waals surface area contributed by atoms with Gasteiger partial charge < -0.3 is 47.7 Å². The van der Waals surface area contributed by atoms with Crippen molar-refractivity contribution < 1.29 is 34.5 Å². The summed E-state index contributed by atoms with van der Waals surface area (Å²) >= 11 is 0. The number of hydrogen-bond acceptors (Lipinski definition) is 9. The lowest BCUT2D eigenvalue weighted by Crippen LogP contribution is -2.58. The number of aliphatic hydroxyl groups excluding tert-OH is 1. The second-order valence-corrected chi connectivity index (χ2v) is 8.75. The van der Waals surface area contributed by atoms with Gasteiger partial charge in [-0.25, -0.2) is 9.78 Å². The molecule has 0 saturated heterocycles. The van der Waals surface area contributed by atoms with Gasteiger partial charge in [0.2, 0.25) is 17.7 Å². The fourth-order valence-electron chi connectivity index (χ4n) is 3.57. The molecule has 0 aliphatic heterocycles. The number of H-pyrrole nitrogens is 1. The number of imidazole rings is 1. The van der Waals surface area contributed by atoms with Crippen LogP contribution >= 0.6 is 0 Å². The molecule has 0 fully saturated rings. The van der Waals surface area contributed by atoms with Crippen molar-refractivity contribution in [3.63, 3.8) is 0 Å². The number of nitrogens with zero attached hydrogens (tertiary/aromatic N) is 1. The molecule has 0 spiro atoms. The number of phenolic OH excluding ortho intramolecular Hbond substituents is 1. The molecule has 2 aromatic rings. The number of aromatic nitrogens is 2. The fraction of sp³-hybridized carbons (Fsp3) is 0.458. The first kappa shape index (κ1) is 30.2. The highest BCUT2D eigenvalue weighted by molar-refractivity contribution is 5.94. The van der Waals surface area contributed by atoms with E-state index in [4.69, 9.17) is 11.5 Å².